The first-order chi connectivity index (χ1) is 11.8. The van der Waals surface area contributed by atoms with Crippen molar-refractivity contribution < 1.29 is 4.79 Å². The smallest absolute Gasteiger partial charge is 0.249 e. The maximum Gasteiger partial charge on any atom is 0.249 e. The Labute approximate surface area is 139 Å². The zero-order valence-electron chi connectivity index (χ0n) is 13.1. The fourth-order valence-corrected chi connectivity index (χ4v) is 3.21. The molecule has 0 saturated heterocycles. The number of fused-ring (bicyclic) bond motifs is 1. The Balaban J connectivity index is 1.42. The second-order valence-corrected chi connectivity index (χ2v) is 5.93. The molecule has 24 heavy (non-hydrogen) atoms. The molecule has 0 fully saturated rings. The van der Waals surface area contributed by atoms with E-state index in [0.29, 0.717) is 18.2 Å². The lowest BCUT2D eigenvalue weighted by Gasteiger charge is -2.10. The molecule has 4 rings (SSSR count). The maximum absolute atomic E-state index is 12.3. The van der Waals surface area contributed by atoms with E-state index in [0.717, 1.165) is 18.4 Å². The number of rotatable bonds is 4. The van der Waals surface area contributed by atoms with Crippen molar-refractivity contribution in [1.29, 1.82) is 0 Å². The first-order valence-electron chi connectivity index (χ1n) is 8.00. The van der Waals surface area contributed by atoms with Crippen LogP contribution >= 0.6 is 0 Å². The minimum absolute atomic E-state index is 0.0584. The van der Waals surface area contributed by atoms with Gasteiger partial charge in [-0.15, -0.1) is 5.10 Å². The van der Waals surface area contributed by atoms with Gasteiger partial charge in [0.15, 0.2) is 5.82 Å². The van der Waals surface area contributed by atoms with Gasteiger partial charge in [-0.05, 0) is 42.0 Å². The molecule has 0 bridgehead atoms. The van der Waals surface area contributed by atoms with Crippen LogP contribution in [0.25, 0.3) is 11.4 Å². The molecule has 1 atom stereocenters. The number of aromatic nitrogens is 4. The highest BCUT2D eigenvalue weighted by molar-refractivity contribution is 5.89. The van der Waals surface area contributed by atoms with Gasteiger partial charge in [0.1, 0.15) is 0 Å². The number of hydrogen-bond donors (Lipinski definition) is 2. The van der Waals surface area contributed by atoms with Crippen molar-refractivity contribution in [2.24, 2.45) is 0 Å². The Bertz CT molecular complexity index is 859. The van der Waals surface area contributed by atoms with E-state index in [4.69, 9.17) is 0 Å². The van der Waals surface area contributed by atoms with Crippen LogP contribution in [0.2, 0.25) is 0 Å². The highest BCUT2D eigenvalue weighted by atomic mass is 16.1. The standard InChI is InChI=1S/C18H17N5O/c24-16(11-14-6-5-12-3-1-2-4-15(12)14)20-18-21-17(22-23-18)13-7-9-19-10-8-13/h1-4,7-10,14H,5-6,11H2,(H2,20,21,22,23,24)/t14-/m0/s1. The number of nitrogens with zero attached hydrogens (tertiary/aromatic N) is 3. The fourth-order valence-electron chi connectivity index (χ4n) is 3.21. The maximum atomic E-state index is 12.3. The average Bonchev–Trinajstić information content (AvgIpc) is 3.23. The van der Waals surface area contributed by atoms with Gasteiger partial charge in [0.2, 0.25) is 11.9 Å². The summed E-state index contributed by atoms with van der Waals surface area (Å²) < 4.78 is 0. The molecule has 2 heterocycles. The van der Waals surface area contributed by atoms with Crippen LogP contribution in [-0.4, -0.2) is 26.1 Å². The Kier molecular flexibility index (Phi) is 3.78. The number of carbonyl (C=O) groups excluding carboxylic acids is 1. The number of pyridine rings is 1. The van der Waals surface area contributed by atoms with E-state index in [-0.39, 0.29) is 11.8 Å². The molecule has 0 aliphatic heterocycles. The normalized spacial score (nSPS) is 15.9. The first kappa shape index (κ1) is 14.6. The van der Waals surface area contributed by atoms with Crippen LogP contribution < -0.4 is 5.32 Å². The summed E-state index contributed by atoms with van der Waals surface area (Å²) in [7, 11) is 0. The molecule has 120 valence electrons. The van der Waals surface area contributed by atoms with Crippen LogP contribution in [0.5, 0.6) is 0 Å². The highest BCUT2D eigenvalue weighted by Crippen LogP contribution is 2.35. The van der Waals surface area contributed by atoms with E-state index in [1.807, 2.05) is 18.2 Å². The number of aromatic amines is 1. The van der Waals surface area contributed by atoms with Crippen molar-refractivity contribution >= 4 is 11.9 Å². The lowest BCUT2D eigenvalue weighted by Crippen LogP contribution is -2.15. The number of nitrogens with one attached hydrogen (secondary N) is 2. The summed E-state index contributed by atoms with van der Waals surface area (Å²) in [6.07, 6.45) is 5.89. The molecule has 6 heteroatoms. The fraction of sp³-hybridized carbons (Fsp3) is 0.222. The summed E-state index contributed by atoms with van der Waals surface area (Å²) in [5.74, 6) is 1.13. The number of hydrogen-bond acceptors (Lipinski definition) is 4. The Morgan fingerprint density at radius 1 is 1.21 bits per heavy atom. The average molecular weight is 319 g/mol. The van der Waals surface area contributed by atoms with Crippen molar-refractivity contribution in [2.45, 2.75) is 25.2 Å². The van der Waals surface area contributed by atoms with Crippen LogP contribution in [0.3, 0.4) is 0 Å². The summed E-state index contributed by atoms with van der Waals surface area (Å²) in [6.45, 7) is 0. The van der Waals surface area contributed by atoms with Gasteiger partial charge in [-0.1, -0.05) is 24.3 Å². The summed E-state index contributed by atoms with van der Waals surface area (Å²) in [6, 6.07) is 12.0. The predicted molar refractivity (Wildman–Crippen MR) is 90.4 cm³/mol. The summed E-state index contributed by atoms with van der Waals surface area (Å²) in [5.41, 5.74) is 3.52. The van der Waals surface area contributed by atoms with Gasteiger partial charge in [-0.3, -0.25) is 20.2 Å². The Morgan fingerprint density at radius 3 is 2.92 bits per heavy atom. The third-order valence-electron chi connectivity index (χ3n) is 4.38. The van der Waals surface area contributed by atoms with Crippen molar-refractivity contribution in [3.8, 4) is 11.4 Å². The molecule has 1 aliphatic carbocycles. The third kappa shape index (κ3) is 2.90. The second kappa shape index (κ2) is 6.23. The molecular weight excluding hydrogens is 302 g/mol. The molecule has 1 amide bonds. The monoisotopic (exact) mass is 319 g/mol. The molecular formula is C18H17N5O. The van der Waals surface area contributed by atoms with E-state index >= 15 is 0 Å². The quantitative estimate of drug-likeness (QED) is 0.774. The molecule has 3 aromatic rings. The molecule has 6 nitrogen and oxygen atoms in total. The van der Waals surface area contributed by atoms with E-state index < -0.39 is 0 Å². The molecule has 0 radical (unpaired) electrons. The van der Waals surface area contributed by atoms with Gasteiger partial charge < -0.3 is 0 Å². The number of carbonyl (C=O) groups is 1. The van der Waals surface area contributed by atoms with Crippen LogP contribution in [-0.2, 0) is 11.2 Å². The number of benzene rings is 1. The van der Waals surface area contributed by atoms with Crippen molar-refractivity contribution in [1.82, 2.24) is 20.2 Å². The number of anilines is 1. The van der Waals surface area contributed by atoms with Gasteiger partial charge in [0, 0.05) is 24.4 Å². The van der Waals surface area contributed by atoms with Crippen LogP contribution in [0.1, 0.15) is 29.9 Å². The van der Waals surface area contributed by atoms with Gasteiger partial charge in [-0.25, -0.2) is 0 Å². The second-order valence-electron chi connectivity index (χ2n) is 5.93. The number of amides is 1. The van der Waals surface area contributed by atoms with Crippen LogP contribution in [0, 0.1) is 0 Å². The van der Waals surface area contributed by atoms with E-state index in [1.165, 1.54) is 11.1 Å². The lowest BCUT2D eigenvalue weighted by atomic mass is 9.97. The molecule has 1 aliphatic rings. The zero-order chi connectivity index (χ0) is 16.4. The largest absolute Gasteiger partial charge is 0.293 e. The van der Waals surface area contributed by atoms with E-state index in [1.54, 1.807) is 12.4 Å². The van der Waals surface area contributed by atoms with Gasteiger partial charge >= 0.3 is 0 Å². The van der Waals surface area contributed by atoms with Gasteiger partial charge in [0.25, 0.3) is 0 Å². The number of H-pyrrole nitrogens is 1. The predicted octanol–water partition coefficient (Wildman–Crippen LogP) is 2.93. The van der Waals surface area contributed by atoms with Crippen molar-refractivity contribution in [2.75, 3.05) is 5.32 Å². The molecule has 2 aromatic heterocycles. The Morgan fingerprint density at radius 2 is 2.04 bits per heavy atom. The van der Waals surface area contributed by atoms with Crippen molar-refractivity contribution in [3.05, 3.63) is 59.9 Å². The summed E-state index contributed by atoms with van der Waals surface area (Å²) in [5, 5.41) is 9.68. The topological polar surface area (TPSA) is 83.6 Å². The molecule has 0 unspecified atom stereocenters. The first-order valence-corrected chi connectivity index (χ1v) is 8.00. The lowest BCUT2D eigenvalue weighted by molar-refractivity contribution is -0.116. The number of aryl methyl sites for hydroxylation is 1. The van der Waals surface area contributed by atoms with Gasteiger partial charge in [-0.2, -0.15) is 4.98 Å². The molecule has 0 spiro atoms. The third-order valence-corrected chi connectivity index (χ3v) is 4.38. The highest BCUT2D eigenvalue weighted by Gasteiger charge is 2.24. The van der Waals surface area contributed by atoms with Crippen LogP contribution in [0.4, 0.5) is 5.95 Å². The van der Waals surface area contributed by atoms with E-state index in [9.17, 15) is 4.79 Å². The summed E-state index contributed by atoms with van der Waals surface area (Å²) >= 11 is 0. The molecule has 2 N–H and O–H groups in total. The van der Waals surface area contributed by atoms with Crippen LogP contribution in [0.15, 0.2) is 48.8 Å². The Hall–Kier alpha value is -3.02. The molecule has 0 saturated carbocycles. The minimum Gasteiger partial charge on any atom is -0.293 e. The van der Waals surface area contributed by atoms with Crippen molar-refractivity contribution in [3.63, 3.8) is 0 Å². The van der Waals surface area contributed by atoms with Gasteiger partial charge in [0.05, 0.1) is 0 Å². The zero-order valence-corrected chi connectivity index (χ0v) is 13.1. The molecule has 1 aromatic carbocycles. The van der Waals surface area contributed by atoms with E-state index in [2.05, 4.69) is 43.7 Å². The SMILES string of the molecule is O=C(C[C@@H]1CCc2ccccc21)Nc1n[nH]c(-c2ccncc2)n1. The summed E-state index contributed by atoms with van der Waals surface area (Å²) in [4.78, 5) is 20.6. The minimum atomic E-state index is -0.0584.